The molecule has 0 aliphatic heterocycles. The molecule has 138 valence electrons. The maximum atomic E-state index is 13.3. The average molecular weight is 376 g/mol. The van der Waals surface area contributed by atoms with E-state index in [9.17, 15) is 18.0 Å². The minimum atomic E-state index is -4.45. The number of halogens is 3. The van der Waals surface area contributed by atoms with Crippen LogP contribution in [0.25, 0.3) is 21.9 Å². The molecule has 0 spiro atoms. The Balaban J connectivity index is 1.99. The molecule has 0 bridgehead atoms. The first-order valence-corrected chi connectivity index (χ1v) is 8.74. The fourth-order valence-corrected chi connectivity index (χ4v) is 3.35. The summed E-state index contributed by atoms with van der Waals surface area (Å²) in [4.78, 5) is 13.3. The van der Waals surface area contributed by atoms with E-state index in [1.807, 2.05) is 36.4 Å². The molecule has 0 aliphatic carbocycles. The van der Waals surface area contributed by atoms with Crippen LogP contribution >= 0.6 is 0 Å². The molecule has 4 aromatic rings. The number of rotatable bonds is 3. The molecule has 28 heavy (non-hydrogen) atoms. The molecule has 0 N–H and O–H groups in total. The topological polar surface area (TPSA) is 17.1 Å². The van der Waals surface area contributed by atoms with Crippen LogP contribution in [-0.2, 0) is 6.18 Å². The zero-order valence-corrected chi connectivity index (χ0v) is 14.7. The lowest BCUT2D eigenvalue weighted by atomic mass is 9.89. The quantitative estimate of drug-likeness (QED) is 0.361. The van der Waals surface area contributed by atoms with E-state index in [-0.39, 0.29) is 5.78 Å². The zero-order valence-electron chi connectivity index (χ0n) is 14.7. The number of carbonyl (C=O) groups is 1. The normalized spacial score (nSPS) is 11.5. The van der Waals surface area contributed by atoms with Gasteiger partial charge in [0.1, 0.15) is 0 Å². The van der Waals surface area contributed by atoms with E-state index < -0.39 is 11.7 Å². The Morgan fingerprint density at radius 3 is 2.18 bits per heavy atom. The second kappa shape index (κ2) is 6.97. The van der Waals surface area contributed by atoms with Gasteiger partial charge in [-0.25, -0.2) is 0 Å². The number of benzene rings is 4. The van der Waals surface area contributed by atoms with Crippen LogP contribution in [0.15, 0.2) is 91.0 Å². The van der Waals surface area contributed by atoms with Crippen molar-refractivity contribution in [2.75, 3.05) is 0 Å². The lowest BCUT2D eigenvalue weighted by Crippen LogP contribution is -2.07. The second-order valence-electron chi connectivity index (χ2n) is 6.48. The summed E-state index contributed by atoms with van der Waals surface area (Å²) in [6.45, 7) is 0. The third-order valence-corrected chi connectivity index (χ3v) is 4.69. The van der Waals surface area contributed by atoms with Crippen LogP contribution in [0, 0.1) is 0 Å². The summed E-state index contributed by atoms with van der Waals surface area (Å²) >= 11 is 0. The van der Waals surface area contributed by atoms with Gasteiger partial charge < -0.3 is 0 Å². The van der Waals surface area contributed by atoms with Gasteiger partial charge in [0.05, 0.1) is 5.56 Å². The lowest BCUT2D eigenvalue weighted by Gasteiger charge is -2.14. The van der Waals surface area contributed by atoms with E-state index in [2.05, 4.69) is 0 Å². The molecule has 0 aliphatic rings. The monoisotopic (exact) mass is 376 g/mol. The Labute approximate surface area is 160 Å². The minimum absolute atomic E-state index is 0.218. The number of fused-ring (bicyclic) bond motifs is 1. The Hall–Kier alpha value is -3.40. The second-order valence-corrected chi connectivity index (χ2v) is 6.48. The molecule has 0 aromatic heterocycles. The average Bonchev–Trinajstić information content (AvgIpc) is 2.72. The molecule has 0 unspecified atom stereocenters. The highest BCUT2D eigenvalue weighted by atomic mass is 19.4. The van der Waals surface area contributed by atoms with E-state index in [0.29, 0.717) is 27.6 Å². The van der Waals surface area contributed by atoms with Gasteiger partial charge in [-0.05, 0) is 34.0 Å². The van der Waals surface area contributed by atoms with Crippen molar-refractivity contribution in [1.82, 2.24) is 0 Å². The molecule has 0 saturated heterocycles. The van der Waals surface area contributed by atoms with Gasteiger partial charge >= 0.3 is 6.18 Å². The molecule has 0 radical (unpaired) electrons. The van der Waals surface area contributed by atoms with Crippen LogP contribution < -0.4 is 0 Å². The first-order chi connectivity index (χ1) is 13.4. The molecule has 0 fully saturated rings. The van der Waals surface area contributed by atoms with E-state index >= 15 is 0 Å². The summed E-state index contributed by atoms with van der Waals surface area (Å²) in [6.07, 6.45) is -4.45. The molecular formula is C24H15F3O. The number of hydrogen-bond donors (Lipinski definition) is 0. The van der Waals surface area contributed by atoms with Gasteiger partial charge in [-0.2, -0.15) is 13.2 Å². The maximum absolute atomic E-state index is 13.3. The van der Waals surface area contributed by atoms with Crippen LogP contribution in [0.5, 0.6) is 0 Å². The van der Waals surface area contributed by atoms with Crippen molar-refractivity contribution in [3.05, 3.63) is 108 Å². The molecule has 1 nitrogen and oxygen atoms in total. The van der Waals surface area contributed by atoms with Gasteiger partial charge in [-0.15, -0.1) is 0 Å². The first kappa shape index (κ1) is 18.0. The van der Waals surface area contributed by atoms with Crippen molar-refractivity contribution < 1.29 is 18.0 Å². The molecule has 0 atom stereocenters. The number of carbonyl (C=O) groups excluding carboxylic acids is 1. The van der Waals surface area contributed by atoms with Crippen LogP contribution in [0.1, 0.15) is 21.5 Å². The molecular weight excluding hydrogens is 361 g/mol. The Morgan fingerprint density at radius 1 is 0.714 bits per heavy atom. The molecule has 0 saturated carbocycles. The summed E-state index contributed by atoms with van der Waals surface area (Å²) < 4.78 is 39.6. The predicted octanol–water partition coefficient (Wildman–Crippen LogP) is 6.76. The summed E-state index contributed by atoms with van der Waals surface area (Å²) in [5, 5.41) is 1.57. The van der Waals surface area contributed by atoms with Crippen molar-refractivity contribution in [3.63, 3.8) is 0 Å². The Kier molecular flexibility index (Phi) is 4.47. The fraction of sp³-hybridized carbons (Fsp3) is 0.0417. The largest absolute Gasteiger partial charge is 0.416 e. The number of alkyl halides is 3. The number of ketones is 1. The van der Waals surface area contributed by atoms with Gasteiger partial charge in [0.15, 0.2) is 5.78 Å². The maximum Gasteiger partial charge on any atom is 0.416 e. The van der Waals surface area contributed by atoms with Crippen molar-refractivity contribution >= 4 is 16.6 Å². The minimum Gasteiger partial charge on any atom is -0.289 e. The predicted molar refractivity (Wildman–Crippen MR) is 104 cm³/mol. The van der Waals surface area contributed by atoms with Crippen LogP contribution in [0.2, 0.25) is 0 Å². The van der Waals surface area contributed by atoms with Crippen molar-refractivity contribution in [1.29, 1.82) is 0 Å². The molecule has 0 heterocycles. The third-order valence-electron chi connectivity index (χ3n) is 4.69. The molecule has 4 heteroatoms. The van der Waals surface area contributed by atoms with Crippen molar-refractivity contribution in [3.8, 4) is 11.1 Å². The zero-order chi connectivity index (χ0) is 19.7. The highest BCUT2D eigenvalue weighted by molar-refractivity contribution is 6.20. The van der Waals surface area contributed by atoms with Crippen molar-refractivity contribution in [2.24, 2.45) is 0 Å². The van der Waals surface area contributed by atoms with Gasteiger partial charge in [0, 0.05) is 11.1 Å². The number of hydrogen-bond acceptors (Lipinski definition) is 1. The Morgan fingerprint density at radius 2 is 1.43 bits per heavy atom. The third kappa shape index (κ3) is 3.29. The van der Waals surface area contributed by atoms with Crippen LogP contribution in [0.4, 0.5) is 13.2 Å². The lowest BCUT2D eigenvalue weighted by molar-refractivity contribution is -0.137. The van der Waals surface area contributed by atoms with Gasteiger partial charge in [0.25, 0.3) is 0 Å². The molecule has 4 rings (SSSR count). The summed E-state index contributed by atoms with van der Waals surface area (Å²) in [5.41, 5.74) is 1.01. The van der Waals surface area contributed by atoms with Gasteiger partial charge in [-0.1, -0.05) is 78.9 Å². The van der Waals surface area contributed by atoms with E-state index in [1.165, 1.54) is 6.07 Å². The fourth-order valence-electron chi connectivity index (χ4n) is 3.35. The smallest absolute Gasteiger partial charge is 0.289 e. The summed E-state index contributed by atoms with van der Waals surface area (Å²) in [6, 6.07) is 24.8. The van der Waals surface area contributed by atoms with Gasteiger partial charge in [-0.3, -0.25) is 4.79 Å². The highest BCUT2D eigenvalue weighted by Gasteiger charge is 2.31. The summed E-state index contributed by atoms with van der Waals surface area (Å²) in [7, 11) is 0. The van der Waals surface area contributed by atoms with E-state index in [0.717, 1.165) is 17.5 Å². The first-order valence-electron chi connectivity index (χ1n) is 8.74. The molecule has 4 aromatic carbocycles. The SMILES string of the molecule is O=C(c1ccccc1)c1c(-c2cccc(C(F)(F)F)c2)ccc2ccccc12. The summed E-state index contributed by atoms with van der Waals surface area (Å²) in [5.74, 6) is -0.218. The van der Waals surface area contributed by atoms with Crippen molar-refractivity contribution in [2.45, 2.75) is 6.18 Å². The van der Waals surface area contributed by atoms with E-state index in [1.54, 1.807) is 36.4 Å². The Bertz CT molecular complexity index is 1160. The van der Waals surface area contributed by atoms with Gasteiger partial charge in [0.2, 0.25) is 0 Å². The van der Waals surface area contributed by atoms with Crippen LogP contribution in [0.3, 0.4) is 0 Å². The van der Waals surface area contributed by atoms with Crippen LogP contribution in [-0.4, -0.2) is 5.78 Å². The highest BCUT2D eigenvalue weighted by Crippen LogP contribution is 2.36. The van der Waals surface area contributed by atoms with E-state index in [4.69, 9.17) is 0 Å². The standard InChI is InChI=1S/C24H15F3O/c25-24(26,27)19-11-6-10-18(15-19)21-14-13-16-7-4-5-12-20(16)22(21)23(28)17-8-2-1-3-9-17/h1-15H. The molecule has 0 amide bonds.